The molecule has 0 spiro atoms. The molecule has 0 aliphatic heterocycles. The summed E-state index contributed by atoms with van der Waals surface area (Å²) in [5, 5.41) is 10.0. The molecule has 20 heavy (non-hydrogen) atoms. The second-order valence-corrected chi connectivity index (χ2v) is 5.01. The van der Waals surface area contributed by atoms with E-state index in [1.807, 2.05) is 0 Å². The molecule has 0 aliphatic rings. The molecule has 0 bridgehead atoms. The summed E-state index contributed by atoms with van der Waals surface area (Å²) in [4.78, 5) is 15.4. The summed E-state index contributed by atoms with van der Waals surface area (Å²) < 4.78 is 5.55. The molecule has 3 aromatic rings. The molecule has 6 heteroatoms. The first-order chi connectivity index (χ1) is 9.54. The van der Waals surface area contributed by atoms with Crippen LogP contribution in [0.2, 0.25) is 10.0 Å². The molecule has 1 heterocycles. The van der Waals surface area contributed by atoms with E-state index in [4.69, 9.17) is 32.7 Å². The lowest BCUT2D eigenvalue weighted by Crippen LogP contribution is -1.95. The molecule has 0 amide bonds. The van der Waals surface area contributed by atoms with Gasteiger partial charge in [-0.15, -0.1) is 0 Å². The Morgan fingerprint density at radius 3 is 2.50 bits per heavy atom. The standard InChI is InChI=1S/C14H7Cl2NO3/c15-8-4-7(5-9(16)6-8)13-17-11-3-1-2-10(14(18)19)12(11)20-13/h1-6H,(H,18,19). The van der Waals surface area contributed by atoms with Gasteiger partial charge in [0.05, 0.1) is 0 Å². The highest BCUT2D eigenvalue weighted by Gasteiger charge is 2.16. The van der Waals surface area contributed by atoms with Crippen molar-refractivity contribution in [3.63, 3.8) is 0 Å². The molecule has 0 radical (unpaired) electrons. The number of rotatable bonds is 2. The molecule has 0 saturated heterocycles. The number of nitrogens with zero attached hydrogens (tertiary/aromatic N) is 1. The van der Waals surface area contributed by atoms with E-state index in [-0.39, 0.29) is 17.0 Å². The second kappa shape index (κ2) is 4.81. The third kappa shape index (κ3) is 2.24. The Kier molecular flexibility index (Phi) is 3.12. The maximum Gasteiger partial charge on any atom is 0.339 e. The fourth-order valence-electron chi connectivity index (χ4n) is 1.92. The quantitative estimate of drug-likeness (QED) is 0.757. The average molecular weight is 308 g/mol. The molecular formula is C14H7Cl2NO3. The number of aromatic carboxylic acids is 1. The van der Waals surface area contributed by atoms with Gasteiger partial charge in [0, 0.05) is 15.6 Å². The molecule has 0 unspecified atom stereocenters. The summed E-state index contributed by atoms with van der Waals surface area (Å²) in [6.45, 7) is 0. The van der Waals surface area contributed by atoms with Gasteiger partial charge in [0.2, 0.25) is 5.89 Å². The fourth-order valence-corrected chi connectivity index (χ4v) is 2.44. The van der Waals surface area contributed by atoms with Gasteiger partial charge in [-0.25, -0.2) is 9.78 Å². The zero-order chi connectivity index (χ0) is 14.3. The van der Waals surface area contributed by atoms with E-state index in [9.17, 15) is 4.79 Å². The molecule has 1 N–H and O–H groups in total. The van der Waals surface area contributed by atoms with Gasteiger partial charge in [-0.2, -0.15) is 0 Å². The number of carboxylic acid groups (broad SMARTS) is 1. The second-order valence-electron chi connectivity index (χ2n) is 4.14. The number of oxazole rings is 1. The Bertz CT molecular complexity index is 806. The van der Waals surface area contributed by atoms with Crippen molar-refractivity contribution in [3.8, 4) is 11.5 Å². The van der Waals surface area contributed by atoms with Gasteiger partial charge in [0.15, 0.2) is 5.58 Å². The number of hydrogen-bond acceptors (Lipinski definition) is 3. The highest BCUT2D eigenvalue weighted by molar-refractivity contribution is 6.35. The van der Waals surface area contributed by atoms with E-state index in [0.717, 1.165) is 0 Å². The maximum absolute atomic E-state index is 11.1. The van der Waals surface area contributed by atoms with Crippen LogP contribution in [0, 0.1) is 0 Å². The van der Waals surface area contributed by atoms with Crippen molar-refractivity contribution >= 4 is 40.3 Å². The summed E-state index contributed by atoms with van der Waals surface area (Å²) in [6.07, 6.45) is 0. The number of carbonyl (C=O) groups is 1. The van der Waals surface area contributed by atoms with Crippen LogP contribution in [0.25, 0.3) is 22.6 Å². The van der Waals surface area contributed by atoms with Crippen molar-refractivity contribution in [3.05, 3.63) is 52.0 Å². The molecule has 1 aromatic heterocycles. The van der Waals surface area contributed by atoms with Crippen molar-refractivity contribution < 1.29 is 14.3 Å². The summed E-state index contributed by atoms with van der Waals surface area (Å²) in [5.41, 5.74) is 1.35. The largest absolute Gasteiger partial charge is 0.478 e. The minimum absolute atomic E-state index is 0.0642. The zero-order valence-corrected chi connectivity index (χ0v) is 11.4. The lowest BCUT2D eigenvalue weighted by atomic mass is 10.2. The first-order valence-corrected chi connectivity index (χ1v) is 6.39. The minimum atomic E-state index is -1.07. The van der Waals surface area contributed by atoms with Crippen LogP contribution in [0.3, 0.4) is 0 Å². The molecule has 4 nitrogen and oxygen atoms in total. The number of halogens is 2. The van der Waals surface area contributed by atoms with Crippen molar-refractivity contribution in [2.24, 2.45) is 0 Å². The third-order valence-electron chi connectivity index (χ3n) is 2.75. The van der Waals surface area contributed by atoms with E-state index in [2.05, 4.69) is 4.98 Å². The van der Waals surface area contributed by atoms with Crippen LogP contribution in [0.4, 0.5) is 0 Å². The Labute approximate surface area is 123 Å². The summed E-state index contributed by atoms with van der Waals surface area (Å²) in [7, 11) is 0. The Balaban J connectivity index is 2.23. The lowest BCUT2D eigenvalue weighted by molar-refractivity contribution is 0.0698. The molecule has 0 fully saturated rings. The van der Waals surface area contributed by atoms with Gasteiger partial charge < -0.3 is 9.52 Å². The molecule has 0 aliphatic carbocycles. The van der Waals surface area contributed by atoms with Gasteiger partial charge in [-0.05, 0) is 30.3 Å². The van der Waals surface area contributed by atoms with Crippen molar-refractivity contribution in [1.29, 1.82) is 0 Å². The third-order valence-corrected chi connectivity index (χ3v) is 3.19. The van der Waals surface area contributed by atoms with Crippen LogP contribution in [0.15, 0.2) is 40.8 Å². The van der Waals surface area contributed by atoms with Gasteiger partial charge in [-0.3, -0.25) is 0 Å². The maximum atomic E-state index is 11.1. The zero-order valence-electron chi connectivity index (χ0n) is 9.93. The Morgan fingerprint density at radius 2 is 1.85 bits per heavy atom. The normalized spacial score (nSPS) is 10.9. The lowest BCUT2D eigenvalue weighted by Gasteiger charge is -1.98. The predicted molar refractivity (Wildman–Crippen MR) is 76.4 cm³/mol. The van der Waals surface area contributed by atoms with E-state index in [1.54, 1.807) is 30.3 Å². The highest BCUT2D eigenvalue weighted by atomic mass is 35.5. The van der Waals surface area contributed by atoms with Crippen molar-refractivity contribution in [2.45, 2.75) is 0 Å². The van der Waals surface area contributed by atoms with E-state index in [0.29, 0.717) is 21.1 Å². The molecule has 100 valence electrons. The van der Waals surface area contributed by atoms with E-state index >= 15 is 0 Å². The van der Waals surface area contributed by atoms with Crippen LogP contribution >= 0.6 is 23.2 Å². The van der Waals surface area contributed by atoms with Gasteiger partial charge in [0.25, 0.3) is 0 Å². The number of para-hydroxylation sites is 1. The van der Waals surface area contributed by atoms with Crippen molar-refractivity contribution in [2.75, 3.05) is 0 Å². The number of carboxylic acids is 1. The monoisotopic (exact) mass is 307 g/mol. The van der Waals surface area contributed by atoms with Gasteiger partial charge >= 0.3 is 5.97 Å². The number of benzene rings is 2. The van der Waals surface area contributed by atoms with Crippen LogP contribution in [0.1, 0.15) is 10.4 Å². The number of aromatic nitrogens is 1. The van der Waals surface area contributed by atoms with Crippen LogP contribution in [-0.4, -0.2) is 16.1 Å². The van der Waals surface area contributed by atoms with Crippen molar-refractivity contribution in [1.82, 2.24) is 4.98 Å². The first kappa shape index (κ1) is 13.0. The number of hydrogen-bond donors (Lipinski definition) is 1. The van der Waals surface area contributed by atoms with E-state index < -0.39 is 5.97 Å². The number of fused-ring (bicyclic) bond motifs is 1. The molecule has 3 rings (SSSR count). The van der Waals surface area contributed by atoms with Crippen LogP contribution in [-0.2, 0) is 0 Å². The summed E-state index contributed by atoms with van der Waals surface area (Å²) >= 11 is 11.9. The van der Waals surface area contributed by atoms with E-state index in [1.165, 1.54) is 6.07 Å². The first-order valence-electron chi connectivity index (χ1n) is 5.64. The molecule has 2 aromatic carbocycles. The molecular weight excluding hydrogens is 301 g/mol. The minimum Gasteiger partial charge on any atom is -0.478 e. The average Bonchev–Trinajstić information content (AvgIpc) is 2.80. The smallest absolute Gasteiger partial charge is 0.339 e. The highest BCUT2D eigenvalue weighted by Crippen LogP contribution is 2.30. The summed E-state index contributed by atoms with van der Waals surface area (Å²) in [6, 6.07) is 9.66. The van der Waals surface area contributed by atoms with Gasteiger partial charge in [-0.1, -0.05) is 29.3 Å². The van der Waals surface area contributed by atoms with Crippen LogP contribution < -0.4 is 0 Å². The molecule has 0 saturated carbocycles. The predicted octanol–water partition coefficient (Wildman–Crippen LogP) is 4.50. The molecule has 0 atom stereocenters. The van der Waals surface area contributed by atoms with Crippen LogP contribution in [0.5, 0.6) is 0 Å². The Hall–Kier alpha value is -2.04. The topological polar surface area (TPSA) is 63.3 Å². The van der Waals surface area contributed by atoms with Gasteiger partial charge in [0.1, 0.15) is 11.1 Å². The Morgan fingerprint density at radius 1 is 1.15 bits per heavy atom. The summed E-state index contributed by atoms with van der Waals surface area (Å²) in [5.74, 6) is -0.791. The SMILES string of the molecule is O=C(O)c1cccc2nc(-c3cc(Cl)cc(Cl)c3)oc12. The fraction of sp³-hybridized carbons (Fsp3) is 0.